The van der Waals surface area contributed by atoms with Gasteiger partial charge in [0.25, 0.3) is 0 Å². The molecule has 4 aliphatic heterocycles. The molecule has 1 aromatic carbocycles. The number of nitriles is 1. The smallest absolute Gasteiger partial charge is 0.318 e. The van der Waals surface area contributed by atoms with Crippen LogP contribution in [-0.2, 0) is 23.4 Å². The van der Waals surface area contributed by atoms with Gasteiger partial charge < -0.3 is 25.2 Å². The summed E-state index contributed by atoms with van der Waals surface area (Å²) in [5, 5.41) is 20.6. The third kappa shape index (κ3) is 4.44. The molecule has 5 aliphatic rings. The van der Waals surface area contributed by atoms with Crippen molar-refractivity contribution in [3.8, 4) is 12.1 Å². The maximum Gasteiger partial charge on any atom is 0.318 e. The number of aromatic nitrogens is 2. The van der Waals surface area contributed by atoms with Crippen LogP contribution in [0.4, 0.5) is 15.9 Å². The van der Waals surface area contributed by atoms with Crippen LogP contribution < -0.4 is 15.4 Å². The van der Waals surface area contributed by atoms with E-state index in [0.29, 0.717) is 56.3 Å². The van der Waals surface area contributed by atoms with Crippen LogP contribution in [0.5, 0.6) is 6.01 Å². The van der Waals surface area contributed by atoms with Crippen LogP contribution >= 0.6 is 0 Å². The molecule has 5 atom stereocenters. The molecule has 5 unspecified atom stereocenters. The second-order valence-corrected chi connectivity index (χ2v) is 12.9. The van der Waals surface area contributed by atoms with Crippen LogP contribution in [0.25, 0.3) is 0 Å². The van der Waals surface area contributed by atoms with Gasteiger partial charge in [0.15, 0.2) is 0 Å². The van der Waals surface area contributed by atoms with Gasteiger partial charge in [-0.3, -0.25) is 4.90 Å². The fraction of sp³-hybridized carbons (Fsp3) is 0.645. The predicted molar refractivity (Wildman–Crippen MR) is 151 cm³/mol. The molecule has 41 heavy (non-hydrogen) atoms. The van der Waals surface area contributed by atoms with Gasteiger partial charge in [-0.05, 0) is 62.6 Å². The normalized spacial score (nSPS) is 32.8. The number of hydrogen-bond acceptors (Lipinski definition) is 9. The Morgan fingerprint density at radius 3 is 2.93 bits per heavy atom. The summed E-state index contributed by atoms with van der Waals surface area (Å²) in [6.07, 6.45) is 4.98. The molecule has 0 radical (unpaired) electrons. The topological polar surface area (TPSA) is 121 Å². The summed E-state index contributed by atoms with van der Waals surface area (Å²) >= 11 is 0. The van der Waals surface area contributed by atoms with Gasteiger partial charge in [-0.25, -0.2) is 4.39 Å². The Bertz CT molecular complexity index is 1400. The molecule has 1 aliphatic carbocycles. The fourth-order valence-corrected chi connectivity index (χ4v) is 8.15. The molecule has 3 N–H and O–H groups in total. The van der Waals surface area contributed by atoms with Crippen LogP contribution in [0.1, 0.15) is 85.7 Å². The first-order valence-electron chi connectivity index (χ1n) is 15.1. The lowest BCUT2D eigenvalue weighted by Gasteiger charge is -2.45. The van der Waals surface area contributed by atoms with Gasteiger partial charge in [0, 0.05) is 49.3 Å². The van der Waals surface area contributed by atoms with Crippen molar-refractivity contribution in [1.29, 1.82) is 5.26 Å². The highest BCUT2D eigenvalue weighted by atomic mass is 19.1. The highest BCUT2D eigenvalue weighted by molar-refractivity contribution is 5.64. The van der Waals surface area contributed by atoms with E-state index >= 15 is 0 Å². The van der Waals surface area contributed by atoms with Crippen molar-refractivity contribution in [3.05, 3.63) is 40.1 Å². The molecule has 9 nitrogen and oxygen atoms in total. The number of hydrogen-bond donors (Lipinski definition) is 2. The lowest BCUT2D eigenvalue weighted by molar-refractivity contribution is -0.0873. The molecule has 0 amide bonds. The molecule has 3 saturated heterocycles. The van der Waals surface area contributed by atoms with Gasteiger partial charge in [0.1, 0.15) is 30.3 Å². The van der Waals surface area contributed by atoms with E-state index in [1.165, 1.54) is 0 Å². The number of nitrogen functional groups attached to an aromatic ring is 1. The highest BCUT2D eigenvalue weighted by Crippen LogP contribution is 2.51. The first kappa shape index (κ1) is 26.9. The zero-order chi connectivity index (χ0) is 28.4. The Morgan fingerprint density at radius 1 is 1.22 bits per heavy atom. The summed E-state index contributed by atoms with van der Waals surface area (Å²) in [6.45, 7) is 5.47. The number of nitrogens with zero attached hydrogens (tertiary/aromatic N) is 5. The van der Waals surface area contributed by atoms with Crippen LogP contribution in [0, 0.1) is 11.3 Å². The molecule has 0 bridgehead atoms. The number of piperidine rings is 1. The Hall–Kier alpha value is -3.00. The average molecular weight is 563 g/mol. The van der Waals surface area contributed by atoms with Gasteiger partial charge >= 0.3 is 6.01 Å². The van der Waals surface area contributed by atoms with Gasteiger partial charge in [0.05, 0.1) is 29.5 Å². The van der Waals surface area contributed by atoms with Gasteiger partial charge in [0.2, 0.25) is 0 Å². The number of aliphatic hydroxyl groups is 1. The van der Waals surface area contributed by atoms with Crippen molar-refractivity contribution in [3.63, 3.8) is 0 Å². The minimum absolute atomic E-state index is 0.289. The number of rotatable bonds is 4. The number of fused-ring (bicyclic) bond motifs is 4. The number of ether oxygens (including phenoxy) is 2. The number of halogens is 1. The summed E-state index contributed by atoms with van der Waals surface area (Å²) in [4.78, 5) is 14.2. The number of anilines is 2. The number of alkyl halides is 1. The van der Waals surface area contributed by atoms with Crippen molar-refractivity contribution in [2.24, 2.45) is 0 Å². The van der Waals surface area contributed by atoms with Crippen molar-refractivity contribution in [2.45, 2.75) is 94.2 Å². The molecule has 5 heterocycles. The zero-order valence-corrected chi connectivity index (χ0v) is 23.7. The third-order valence-corrected chi connectivity index (χ3v) is 10.3. The Kier molecular flexibility index (Phi) is 6.60. The molecule has 1 spiro atoms. The minimum Gasteiger partial charge on any atom is -0.461 e. The van der Waals surface area contributed by atoms with Crippen LogP contribution in [0.3, 0.4) is 0 Å². The maximum atomic E-state index is 14.4. The Labute approximate surface area is 240 Å². The molecule has 2 aromatic rings. The van der Waals surface area contributed by atoms with E-state index in [2.05, 4.69) is 22.8 Å². The third-order valence-electron chi connectivity index (χ3n) is 10.3. The Balaban J connectivity index is 1.28. The van der Waals surface area contributed by atoms with Gasteiger partial charge in [-0.2, -0.15) is 15.2 Å². The molecule has 218 valence electrons. The number of β-amino-alcohol motifs (C(OH)–C–C–N with tert-alkyl or cyclic N) is 1. The summed E-state index contributed by atoms with van der Waals surface area (Å²) in [7, 11) is 0. The van der Waals surface area contributed by atoms with Crippen LogP contribution in [0.2, 0.25) is 0 Å². The van der Waals surface area contributed by atoms with E-state index in [0.717, 1.165) is 79.8 Å². The molecule has 1 aromatic heterocycles. The van der Waals surface area contributed by atoms with Crippen molar-refractivity contribution >= 4 is 11.5 Å². The Morgan fingerprint density at radius 2 is 2.10 bits per heavy atom. The summed E-state index contributed by atoms with van der Waals surface area (Å²) in [5.74, 6) is 1.04. The highest BCUT2D eigenvalue weighted by Gasteiger charge is 2.50. The summed E-state index contributed by atoms with van der Waals surface area (Å²) < 4.78 is 27.5. The summed E-state index contributed by atoms with van der Waals surface area (Å²) in [5.41, 5.74) is 10.00. The molecular formula is C31H39FN6O3. The molecule has 3 fully saturated rings. The quantitative estimate of drug-likeness (QED) is 0.537. The zero-order valence-electron chi connectivity index (χ0n) is 23.7. The first-order valence-corrected chi connectivity index (χ1v) is 15.1. The van der Waals surface area contributed by atoms with Gasteiger partial charge in [-0.1, -0.05) is 13.0 Å². The molecule has 7 rings (SSSR count). The number of nitrogens with two attached hydrogens (primary N) is 1. The first-order chi connectivity index (χ1) is 19.8. The van der Waals surface area contributed by atoms with E-state index in [-0.39, 0.29) is 11.5 Å². The van der Waals surface area contributed by atoms with Crippen molar-refractivity contribution < 1.29 is 19.0 Å². The average Bonchev–Trinajstić information content (AvgIpc) is 3.49. The van der Waals surface area contributed by atoms with E-state index in [1.807, 2.05) is 12.1 Å². The number of benzene rings is 1. The standard InChI is InChI=1S/C31H39FN6O3/c1-19-7-9-31(27-22(19)5-6-25(34)23(27)14-33)13-26-24(17-41-31)28(37-10-2-4-21(39)16-37)36-29(35-26)40-18-30-8-3-11-38(30)15-20(32)12-30/h5-6,19-21,39H,2-4,7-13,15-18,34H2,1H3. The van der Waals surface area contributed by atoms with E-state index < -0.39 is 17.9 Å². The monoisotopic (exact) mass is 562 g/mol. The minimum atomic E-state index is -0.832. The van der Waals surface area contributed by atoms with Crippen molar-refractivity contribution in [2.75, 3.05) is 43.4 Å². The van der Waals surface area contributed by atoms with Crippen LogP contribution in [-0.4, -0.2) is 70.6 Å². The lowest BCUT2D eigenvalue weighted by Crippen LogP contribution is -2.44. The SMILES string of the molecule is CC1CCC2(Cc3nc(OCC45CCCN4CC(F)C5)nc(N4CCCC(O)C4)c3CO2)c2c1ccc(N)c2C#N. The van der Waals surface area contributed by atoms with Crippen molar-refractivity contribution in [1.82, 2.24) is 14.9 Å². The second-order valence-electron chi connectivity index (χ2n) is 12.9. The second kappa shape index (κ2) is 10.1. The van der Waals surface area contributed by atoms with E-state index in [9.17, 15) is 14.8 Å². The molecule has 10 heteroatoms. The van der Waals surface area contributed by atoms with Gasteiger partial charge in [-0.15, -0.1) is 0 Å². The number of aliphatic hydroxyl groups excluding tert-OH is 1. The summed E-state index contributed by atoms with van der Waals surface area (Å²) in [6, 6.07) is 6.52. The largest absolute Gasteiger partial charge is 0.461 e. The molecule has 0 saturated carbocycles. The van der Waals surface area contributed by atoms with E-state index in [4.69, 9.17) is 25.2 Å². The van der Waals surface area contributed by atoms with Crippen LogP contribution in [0.15, 0.2) is 12.1 Å². The molecular weight excluding hydrogens is 523 g/mol. The predicted octanol–water partition coefficient (Wildman–Crippen LogP) is 3.71. The maximum absolute atomic E-state index is 14.4. The van der Waals surface area contributed by atoms with E-state index in [1.54, 1.807) is 0 Å². The fourth-order valence-electron chi connectivity index (χ4n) is 8.15. The lowest BCUT2D eigenvalue weighted by atomic mass is 9.69.